The second-order valence-corrected chi connectivity index (χ2v) is 3.36. The van der Waals surface area contributed by atoms with Gasteiger partial charge in [-0.2, -0.15) is 0 Å². The van der Waals surface area contributed by atoms with Crippen LogP contribution in [0.1, 0.15) is 5.56 Å². The van der Waals surface area contributed by atoms with E-state index in [1.165, 1.54) is 0 Å². The summed E-state index contributed by atoms with van der Waals surface area (Å²) in [6.07, 6.45) is 1.64. The number of nitrogens with zero attached hydrogens (tertiary/aromatic N) is 2. The van der Waals surface area contributed by atoms with Gasteiger partial charge in [-0.1, -0.05) is 0 Å². The maximum absolute atomic E-state index is 13.6. The molecule has 0 bridgehead atoms. The number of aromatic nitrogens is 1. The molecule has 2 rings (SSSR count). The third-order valence-corrected chi connectivity index (χ3v) is 2.37. The largest absolute Gasteiger partial charge is 0.378 e. The van der Waals surface area contributed by atoms with Gasteiger partial charge in [0, 0.05) is 19.3 Å². The molecule has 3 nitrogen and oxygen atoms in total. The number of halogens is 1. The van der Waals surface area contributed by atoms with Crippen LogP contribution in [0.2, 0.25) is 0 Å². The van der Waals surface area contributed by atoms with E-state index < -0.39 is 0 Å². The molecule has 0 N–H and O–H groups in total. The zero-order valence-corrected chi connectivity index (χ0v) is 8.16. The molecule has 0 amide bonds. The molecule has 1 fully saturated rings. The molecule has 14 heavy (non-hydrogen) atoms. The predicted octanol–water partition coefficient (Wildman–Crippen LogP) is 1.37. The molecule has 76 valence electrons. The average Bonchev–Trinajstić information content (AvgIpc) is 2.23. The van der Waals surface area contributed by atoms with Gasteiger partial charge < -0.3 is 9.64 Å². The van der Waals surface area contributed by atoms with E-state index in [0.717, 1.165) is 0 Å². The first-order valence-corrected chi connectivity index (χ1v) is 4.73. The van der Waals surface area contributed by atoms with Gasteiger partial charge in [-0.3, -0.25) is 0 Å². The summed E-state index contributed by atoms with van der Waals surface area (Å²) in [4.78, 5) is 5.98. The molecular formula is C10H13FN2O. The zero-order valence-electron chi connectivity index (χ0n) is 8.16. The van der Waals surface area contributed by atoms with Crippen LogP contribution < -0.4 is 4.90 Å². The SMILES string of the molecule is Cc1ccnc(N2CCOCC2)c1F. The number of anilines is 1. The smallest absolute Gasteiger partial charge is 0.168 e. The standard InChI is InChI=1S/C10H13FN2O/c1-8-2-3-12-10(9(8)11)13-4-6-14-7-5-13/h2-3H,4-7H2,1H3. The van der Waals surface area contributed by atoms with Crippen LogP contribution in [0.5, 0.6) is 0 Å². The lowest BCUT2D eigenvalue weighted by molar-refractivity contribution is 0.122. The summed E-state index contributed by atoms with van der Waals surface area (Å²) in [6.45, 7) is 4.48. The molecule has 1 aliphatic rings. The minimum Gasteiger partial charge on any atom is -0.378 e. The van der Waals surface area contributed by atoms with Crippen LogP contribution in [0.15, 0.2) is 12.3 Å². The van der Waals surface area contributed by atoms with E-state index in [0.29, 0.717) is 37.7 Å². The van der Waals surface area contributed by atoms with E-state index in [1.54, 1.807) is 19.2 Å². The third-order valence-electron chi connectivity index (χ3n) is 2.37. The Kier molecular flexibility index (Phi) is 2.63. The summed E-state index contributed by atoms with van der Waals surface area (Å²) in [5, 5.41) is 0. The third kappa shape index (κ3) is 1.70. The van der Waals surface area contributed by atoms with Gasteiger partial charge in [0.05, 0.1) is 13.2 Å². The van der Waals surface area contributed by atoms with E-state index >= 15 is 0 Å². The van der Waals surface area contributed by atoms with Crippen LogP contribution in [0.3, 0.4) is 0 Å². The summed E-state index contributed by atoms with van der Waals surface area (Å²) in [6, 6.07) is 1.68. The molecule has 1 aromatic rings. The van der Waals surface area contributed by atoms with Crippen LogP contribution >= 0.6 is 0 Å². The van der Waals surface area contributed by atoms with Crippen molar-refractivity contribution >= 4 is 5.82 Å². The summed E-state index contributed by atoms with van der Waals surface area (Å²) in [5.74, 6) is 0.239. The molecule has 0 saturated carbocycles. The predicted molar refractivity (Wildman–Crippen MR) is 52.0 cm³/mol. The molecule has 2 heterocycles. The Balaban J connectivity index is 2.26. The van der Waals surface area contributed by atoms with Crippen molar-refractivity contribution in [1.82, 2.24) is 4.98 Å². The first-order valence-electron chi connectivity index (χ1n) is 4.73. The van der Waals surface area contributed by atoms with Gasteiger partial charge in [-0.25, -0.2) is 9.37 Å². The highest BCUT2D eigenvalue weighted by Crippen LogP contribution is 2.19. The number of hydrogen-bond donors (Lipinski definition) is 0. The fraction of sp³-hybridized carbons (Fsp3) is 0.500. The zero-order chi connectivity index (χ0) is 9.97. The lowest BCUT2D eigenvalue weighted by atomic mass is 10.2. The number of morpholine rings is 1. The van der Waals surface area contributed by atoms with E-state index in [9.17, 15) is 4.39 Å². The van der Waals surface area contributed by atoms with Crippen molar-refractivity contribution in [3.63, 3.8) is 0 Å². The molecule has 0 spiro atoms. The van der Waals surface area contributed by atoms with Gasteiger partial charge in [0.1, 0.15) is 0 Å². The second kappa shape index (κ2) is 3.92. The van der Waals surface area contributed by atoms with Gasteiger partial charge in [-0.15, -0.1) is 0 Å². The maximum Gasteiger partial charge on any atom is 0.168 e. The quantitative estimate of drug-likeness (QED) is 0.678. The fourth-order valence-corrected chi connectivity index (χ4v) is 1.52. The van der Waals surface area contributed by atoms with Crippen molar-refractivity contribution in [2.75, 3.05) is 31.2 Å². The van der Waals surface area contributed by atoms with Gasteiger partial charge in [0.25, 0.3) is 0 Å². The highest BCUT2D eigenvalue weighted by molar-refractivity contribution is 5.42. The van der Waals surface area contributed by atoms with Crippen LogP contribution in [0.25, 0.3) is 0 Å². The highest BCUT2D eigenvalue weighted by atomic mass is 19.1. The maximum atomic E-state index is 13.6. The molecule has 1 saturated heterocycles. The molecule has 1 aromatic heterocycles. The molecule has 4 heteroatoms. The lowest BCUT2D eigenvalue weighted by Gasteiger charge is -2.28. The summed E-state index contributed by atoms with van der Waals surface area (Å²) >= 11 is 0. The number of rotatable bonds is 1. The van der Waals surface area contributed by atoms with Crippen LogP contribution in [0.4, 0.5) is 10.2 Å². The highest BCUT2D eigenvalue weighted by Gasteiger charge is 2.16. The normalized spacial score (nSPS) is 17.1. The first-order chi connectivity index (χ1) is 6.79. The van der Waals surface area contributed by atoms with Crippen molar-refractivity contribution in [3.8, 4) is 0 Å². The fourth-order valence-electron chi connectivity index (χ4n) is 1.52. The lowest BCUT2D eigenvalue weighted by Crippen LogP contribution is -2.37. The molecule has 0 radical (unpaired) electrons. The molecule has 0 aliphatic carbocycles. The minimum absolute atomic E-state index is 0.214. The Morgan fingerprint density at radius 2 is 2.14 bits per heavy atom. The first kappa shape index (κ1) is 9.40. The number of ether oxygens (including phenoxy) is 1. The number of pyridine rings is 1. The summed E-state index contributed by atoms with van der Waals surface area (Å²) < 4.78 is 18.8. The minimum atomic E-state index is -0.214. The number of aryl methyl sites for hydroxylation is 1. The van der Waals surface area contributed by atoms with E-state index in [4.69, 9.17) is 4.74 Å². The molecule has 0 atom stereocenters. The Labute approximate surface area is 82.5 Å². The molecular weight excluding hydrogens is 183 g/mol. The molecule has 0 aromatic carbocycles. The van der Waals surface area contributed by atoms with Gasteiger partial charge in [0.15, 0.2) is 11.6 Å². The van der Waals surface area contributed by atoms with Crippen LogP contribution in [-0.4, -0.2) is 31.3 Å². The average molecular weight is 196 g/mol. The summed E-state index contributed by atoms with van der Waals surface area (Å²) in [7, 11) is 0. The summed E-state index contributed by atoms with van der Waals surface area (Å²) in [5.41, 5.74) is 0.640. The van der Waals surface area contributed by atoms with E-state index in [2.05, 4.69) is 4.98 Å². The Morgan fingerprint density at radius 3 is 2.86 bits per heavy atom. The van der Waals surface area contributed by atoms with Crippen molar-refractivity contribution < 1.29 is 9.13 Å². The number of hydrogen-bond acceptors (Lipinski definition) is 3. The Morgan fingerprint density at radius 1 is 1.43 bits per heavy atom. The van der Waals surface area contributed by atoms with Crippen LogP contribution in [0, 0.1) is 12.7 Å². The van der Waals surface area contributed by atoms with E-state index in [-0.39, 0.29) is 5.82 Å². The molecule has 1 aliphatic heterocycles. The second-order valence-electron chi connectivity index (χ2n) is 3.36. The molecule has 0 unspecified atom stereocenters. The van der Waals surface area contributed by atoms with Gasteiger partial charge >= 0.3 is 0 Å². The van der Waals surface area contributed by atoms with Gasteiger partial charge in [0.2, 0.25) is 0 Å². The Hall–Kier alpha value is -1.16. The van der Waals surface area contributed by atoms with Crippen molar-refractivity contribution in [2.45, 2.75) is 6.92 Å². The monoisotopic (exact) mass is 196 g/mol. The van der Waals surface area contributed by atoms with Crippen LogP contribution in [-0.2, 0) is 4.74 Å². The Bertz CT molecular complexity index is 324. The van der Waals surface area contributed by atoms with E-state index in [1.807, 2.05) is 4.90 Å². The van der Waals surface area contributed by atoms with Crippen molar-refractivity contribution in [3.05, 3.63) is 23.6 Å². The van der Waals surface area contributed by atoms with Crippen molar-refractivity contribution in [2.24, 2.45) is 0 Å². The van der Waals surface area contributed by atoms with Crippen molar-refractivity contribution in [1.29, 1.82) is 0 Å². The topological polar surface area (TPSA) is 25.4 Å². The van der Waals surface area contributed by atoms with Gasteiger partial charge in [-0.05, 0) is 18.6 Å².